The van der Waals surface area contributed by atoms with Gasteiger partial charge < -0.3 is 29.0 Å². The van der Waals surface area contributed by atoms with Crippen molar-refractivity contribution in [2.24, 2.45) is 11.8 Å². The first-order chi connectivity index (χ1) is 23.2. The van der Waals surface area contributed by atoms with E-state index < -0.39 is 95.2 Å². The Balaban J connectivity index is 1.60. The molecule has 2 heterocycles. The summed E-state index contributed by atoms with van der Waals surface area (Å²) >= 11 is 0. The Kier molecular flexibility index (Phi) is 11.6. The Hall–Kier alpha value is -5.47. The Morgan fingerprint density at radius 1 is 1.02 bits per heavy atom. The highest BCUT2D eigenvalue weighted by Gasteiger charge is 2.42. The van der Waals surface area contributed by atoms with Crippen molar-refractivity contribution < 1.29 is 60.8 Å². The highest BCUT2D eigenvalue weighted by molar-refractivity contribution is 6.00. The summed E-state index contributed by atoms with van der Waals surface area (Å²) in [5.41, 5.74) is -1.45. The summed E-state index contributed by atoms with van der Waals surface area (Å²) < 4.78 is 66.9. The molecule has 1 aliphatic heterocycles. The van der Waals surface area contributed by atoms with Crippen molar-refractivity contribution in [2.45, 2.75) is 51.6 Å². The summed E-state index contributed by atoms with van der Waals surface area (Å²) in [6.07, 6.45) is -5.96. The van der Waals surface area contributed by atoms with Crippen LogP contribution in [0.3, 0.4) is 0 Å². The van der Waals surface area contributed by atoms with Crippen molar-refractivity contribution in [3.8, 4) is 11.5 Å². The third-order valence-corrected chi connectivity index (χ3v) is 7.39. The van der Waals surface area contributed by atoms with Gasteiger partial charge in [0, 0.05) is 12.3 Å². The van der Waals surface area contributed by atoms with Crippen LogP contribution >= 0.6 is 0 Å². The largest absolute Gasteiger partial charge is 0.493 e. The molecule has 1 N–H and O–H groups in total. The predicted molar refractivity (Wildman–Crippen MR) is 163 cm³/mol. The number of nitrogens with zero attached hydrogens (tertiary/aromatic N) is 1. The molecule has 1 aliphatic rings. The average Bonchev–Trinajstić information content (AvgIpc) is 3.10. The molecule has 49 heavy (non-hydrogen) atoms. The number of esters is 4. The van der Waals surface area contributed by atoms with E-state index in [1.807, 2.05) is 0 Å². The van der Waals surface area contributed by atoms with Gasteiger partial charge in [0.15, 0.2) is 23.6 Å². The summed E-state index contributed by atoms with van der Waals surface area (Å²) in [7, 11) is 1.18. The lowest BCUT2D eigenvalue weighted by Crippen LogP contribution is -2.47. The number of methoxy groups -OCH3 is 1. The molecule has 12 nitrogen and oxygen atoms in total. The number of alkyl halides is 3. The molecule has 1 amide bonds. The topological polar surface area (TPSA) is 156 Å². The minimum atomic E-state index is -4.74. The van der Waals surface area contributed by atoms with E-state index in [1.54, 1.807) is 44.2 Å². The minimum absolute atomic E-state index is 0.0724. The Bertz CT molecular complexity index is 1700. The molecule has 2 aromatic carbocycles. The monoisotopic (exact) mass is 686 g/mol. The molecule has 0 spiro atoms. The Morgan fingerprint density at radius 3 is 2.39 bits per heavy atom. The lowest BCUT2D eigenvalue weighted by molar-refractivity contribution is -0.176. The standard InChI is InChI=1S/C34H33F3N2O10/c1-18(2)30(41)48-27-19(3)47-33(44)24(17-46-32(43)23(27)15-20-9-6-5-7-10-20)39-29(40)26-28(25(45-4)13-14-38-26)49-31(42)21-11-8-12-22(16-21)34(35,36)37/h5-14,16,18-19,23-24,27H,15,17H2,1-4H3,(H,39,40)/t19-,23+,24-,27-/m0/s1. The van der Waals surface area contributed by atoms with Crippen LogP contribution in [0, 0.1) is 11.8 Å². The zero-order chi connectivity index (χ0) is 35.9. The number of rotatable bonds is 9. The number of carbonyl (C=O) groups excluding carboxylic acids is 5. The van der Waals surface area contributed by atoms with Gasteiger partial charge in [0.2, 0.25) is 5.75 Å². The van der Waals surface area contributed by atoms with E-state index in [0.29, 0.717) is 11.6 Å². The zero-order valence-corrected chi connectivity index (χ0v) is 26.8. The number of pyridine rings is 1. The van der Waals surface area contributed by atoms with Crippen molar-refractivity contribution in [1.29, 1.82) is 0 Å². The van der Waals surface area contributed by atoms with Crippen molar-refractivity contribution >= 4 is 29.8 Å². The number of carbonyl (C=O) groups is 5. The van der Waals surface area contributed by atoms with E-state index in [1.165, 1.54) is 20.1 Å². The first-order valence-corrected chi connectivity index (χ1v) is 15.0. The van der Waals surface area contributed by atoms with Gasteiger partial charge >= 0.3 is 30.1 Å². The number of ether oxygens (including phenoxy) is 5. The van der Waals surface area contributed by atoms with Crippen LogP contribution in [0.5, 0.6) is 11.5 Å². The molecule has 0 radical (unpaired) electrons. The SMILES string of the molecule is COc1ccnc(C(=O)N[C@H]2COC(=O)[C@H](Cc3ccccc3)[C@@H](OC(=O)C(C)C)[C@H](C)OC2=O)c1OC(=O)c1cccc(C(F)(F)F)c1. The minimum Gasteiger partial charge on any atom is -0.493 e. The molecule has 4 rings (SSSR count). The van der Waals surface area contributed by atoms with Gasteiger partial charge in [-0.3, -0.25) is 14.4 Å². The molecule has 0 aliphatic carbocycles. The fraction of sp³-hybridized carbons (Fsp3) is 0.353. The second-order valence-corrected chi connectivity index (χ2v) is 11.3. The summed E-state index contributed by atoms with van der Waals surface area (Å²) in [6, 6.07) is 11.9. The van der Waals surface area contributed by atoms with Crippen LogP contribution in [0.15, 0.2) is 66.9 Å². The van der Waals surface area contributed by atoms with Gasteiger partial charge in [0.05, 0.1) is 24.2 Å². The molecule has 0 saturated carbocycles. The van der Waals surface area contributed by atoms with Crippen LogP contribution in [0.1, 0.15) is 52.7 Å². The van der Waals surface area contributed by atoms with Crippen molar-refractivity contribution in [3.63, 3.8) is 0 Å². The van der Waals surface area contributed by atoms with Gasteiger partial charge in [0.1, 0.15) is 18.6 Å². The molecule has 1 saturated heterocycles. The van der Waals surface area contributed by atoms with Crippen LogP contribution in [0.25, 0.3) is 0 Å². The first kappa shape index (κ1) is 36.4. The molecular formula is C34H33F3N2O10. The quantitative estimate of drug-likeness (QED) is 0.252. The summed E-state index contributed by atoms with van der Waals surface area (Å²) in [4.78, 5) is 69.8. The maximum absolute atomic E-state index is 13.5. The van der Waals surface area contributed by atoms with Crippen LogP contribution in [0.4, 0.5) is 13.2 Å². The van der Waals surface area contributed by atoms with Crippen LogP contribution in [0.2, 0.25) is 0 Å². The number of benzene rings is 2. The second-order valence-electron chi connectivity index (χ2n) is 11.3. The fourth-order valence-electron chi connectivity index (χ4n) is 4.80. The number of halogens is 3. The van der Waals surface area contributed by atoms with Gasteiger partial charge in [-0.05, 0) is 37.1 Å². The smallest absolute Gasteiger partial charge is 0.416 e. The van der Waals surface area contributed by atoms with Gasteiger partial charge in [-0.25, -0.2) is 14.6 Å². The van der Waals surface area contributed by atoms with Gasteiger partial charge in [-0.15, -0.1) is 0 Å². The number of amides is 1. The second kappa shape index (κ2) is 15.6. The Morgan fingerprint density at radius 2 is 1.73 bits per heavy atom. The summed E-state index contributed by atoms with van der Waals surface area (Å²) in [5.74, 6) is -7.30. The highest BCUT2D eigenvalue weighted by Crippen LogP contribution is 2.33. The molecule has 0 bridgehead atoms. The zero-order valence-electron chi connectivity index (χ0n) is 26.8. The summed E-state index contributed by atoms with van der Waals surface area (Å²) in [6.45, 7) is 3.93. The molecular weight excluding hydrogens is 653 g/mol. The number of nitrogens with one attached hydrogen (secondary N) is 1. The van der Waals surface area contributed by atoms with E-state index in [4.69, 9.17) is 23.7 Å². The molecule has 3 aromatic rings. The highest BCUT2D eigenvalue weighted by atomic mass is 19.4. The number of hydrogen-bond acceptors (Lipinski definition) is 11. The van der Waals surface area contributed by atoms with E-state index >= 15 is 0 Å². The number of aromatic nitrogens is 1. The third-order valence-electron chi connectivity index (χ3n) is 7.39. The van der Waals surface area contributed by atoms with Gasteiger partial charge in [0.25, 0.3) is 5.91 Å². The lowest BCUT2D eigenvalue weighted by atomic mass is 9.91. The molecule has 15 heteroatoms. The molecule has 1 aromatic heterocycles. The van der Waals surface area contributed by atoms with E-state index in [0.717, 1.165) is 24.4 Å². The van der Waals surface area contributed by atoms with Crippen LogP contribution in [-0.2, 0) is 41.2 Å². The van der Waals surface area contributed by atoms with E-state index in [2.05, 4.69) is 10.3 Å². The average molecular weight is 687 g/mol. The molecule has 4 atom stereocenters. The van der Waals surface area contributed by atoms with E-state index in [9.17, 15) is 37.1 Å². The molecule has 1 fully saturated rings. The van der Waals surface area contributed by atoms with Crippen molar-refractivity contribution in [1.82, 2.24) is 10.3 Å². The first-order valence-electron chi connectivity index (χ1n) is 15.0. The van der Waals surface area contributed by atoms with E-state index in [-0.39, 0.29) is 12.2 Å². The molecule has 260 valence electrons. The maximum atomic E-state index is 13.5. The van der Waals surface area contributed by atoms with Crippen LogP contribution in [-0.4, -0.2) is 66.7 Å². The van der Waals surface area contributed by atoms with Crippen molar-refractivity contribution in [3.05, 3.63) is 89.2 Å². The number of hydrogen-bond donors (Lipinski definition) is 1. The lowest BCUT2D eigenvalue weighted by Gasteiger charge is -2.29. The van der Waals surface area contributed by atoms with Gasteiger partial charge in [-0.1, -0.05) is 50.2 Å². The number of cyclic esters (lactones) is 2. The molecule has 0 unspecified atom stereocenters. The normalized spacial score (nSPS) is 19.8. The van der Waals surface area contributed by atoms with Crippen LogP contribution < -0.4 is 14.8 Å². The summed E-state index contributed by atoms with van der Waals surface area (Å²) in [5, 5.41) is 2.34. The van der Waals surface area contributed by atoms with Gasteiger partial charge in [-0.2, -0.15) is 13.2 Å². The predicted octanol–water partition coefficient (Wildman–Crippen LogP) is 4.34. The maximum Gasteiger partial charge on any atom is 0.416 e. The fourth-order valence-corrected chi connectivity index (χ4v) is 4.80. The third kappa shape index (κ3) is 9.12. The van der Waals surface area contributed by atoms with Crippen molar-refractivity contribution in [2.75, 3.05) is 13.7 Å². The Labute approximate surface area is 278 Å².